The molecule has 0 aromatic carbocycles. The van der Waals surface area contributed by atoms with Gasteiger partial charge in [0.05, 0.1) is 5.92 Å². The topological polar surface area (TPSA) is 37.3 Å². The van der Waals surface area contributed by atoms with Crippen molar-refractivity contribution in [2.75, 3.05) is 6.26 Å². The first-order chi connectivity index (χ1) is 6.65. The van der Waals surface area contributed by atoms with Crippen molar-refractivity contribution in [3.63, 3.8) is 0 Å². The van der Waals surface area contributed by atoms with Crippen LogP contribution in [-0.4, -0.2) is 17.3 Å². The van der Waals surface area contributed by atoms with Gasteiger partial charge in [-0.05, 0) is 30.4 Å². The quantitative estimate of drug-likeness (QED) is 0.712. The van der Waals surface area contributed by atoms with E-state index < -0.39 is 5.97 Å². The van der Waals surface area contributed by atoms with Gasteiger partial charge in [0.15, 0.2) is 0 Å². The molecule has 14 heavy (non-hydrogen) atoms. The Balaban J connectivity index is 2.23. The normalized spacial score (nSPS) is 35.1. The number of fused-ring (bicyclic) bond motifs is 1. The van der Waals surface area contributed by atoms with Crippen molar-refractivity contribution in [2.45, 2.75) is 13.3 Å². The van der Waals surface area contributed by atoms with E-state index in [1.807, 2.05) is 6.08 Å². The Hall–Kier alpha value is -0.700. The zero-order chi connectivity index (χ0) is 10.3. The van der Waals surface area contributed by atoms with Gasteiger partial charge in [0.2, 0.25) is 0 Å². The Kier molecular flexibility index (Phi) is 2.43. The van der Waals surface area contributed by atoms with Crippen LogP contribution in [0.2, 0.25) is 0 Å². The summed E-state index contributed by atoms with van der Waals surface area (Å²) >= 11 is 1.76. The average molecular weight is 210 g/mol. The highest BCUT2D eigenvalue weighted by Gasteiger charge is 2.41. The molecule has 0 bridgehead atoms. The maximum atomic E-state index is 11.0. The Labute approximate surface area is 88.1 Å². The molecule has 0 saturated carbocycles. The van der Waals surface area contributed by atoms with E-state index in [2.05, 4.69) is 19.3 Å². The van der Waals surface area contributed by atoms with E-state index in [1.165, 1.54) is 10.5 Å². The van der Waals surface area contributed by atoms with E-state index in [0.717, 1.165) is 6.42 Å². The van der Waals surface area contributed by atoms with Crippen molar-refractivity contribution in [3.05, 3.63) is 22.6 Å². The summed E-state index contributed by atoms with van der Waals surface area (Å²) in [5, 5.41) is 9.03. The number of hydrogen-bond donors (Lipinski definition) is 1. The van der Waals surface area contributed by atoms with Crippen LogP contribution in [0.5, 0.6) is 0 Å². The molecule has 0 amide bonds. The monoisotopic (exact) mass is 210 g/mol. The largest absolute Gasteiger partial charge is 0.481 e. The fourth-order valence-electron chi connectivity index (χ4n) is 2.54. The van der Waals surface area contributed by atoms with Crippen molar-refractivity contribution in [1.29, 1.82) is 0 Å². The maximum Gasteiger partial charge on any atom is 0.310 e. The molecule has 2 aliphatic carbocycles. The Morgan fingerprint density at radius 2 is 2.29 bits per heavy atom. The SMILES string of the molecule is CSC1=C(C)[C@H]2C=C[C@@H](C(=O)O)[C@H]2C1. The van der Waals surface area contributed by atoms with Crippen molar-refractivity contribution < 1.29 is 9.90 Å². The average Bonchev–Trinajstić information content (AvgIpc) is 2.66. The Morgan fingerprint density at radius 3 is 2.86 bits per heavy atom. The molecule has 0 aromatic heterocycles. The van der Waals surface area contributed by atoms with Crippen molar-refractivity contribution in [2.24, 2.45) is 17.8 Å². The molecule has 0 aromatic rings. The summed E-state index contributed by atoms with van der Waals surface area (Å²) < 4.78 is 0. The fraction of sp³-hybridized carbons (Fsp3) is 0.545. The number of carboxylic acids is 1. The first-order valence-corrected chi connectivity index (χ1v) is 6.02. The van der Waals surface area contributed by atoms with Gasteiger partial charge in [0, 0.05) is 5.92 Å². The second-order valence-electron chi connectivity index (χ2n) is 3.95. The molecule has 2 rings (SSSR count). The van der Waals surface area contributed by atoms with Crippen LogP contribution in [0.15, 0.2) is 22.6 Å². The number of carboxylic acid groups (broad SMARTS) is 1. The summed E-state index contributed by atoms with van der Waals surface area (Å²) in [6.45, 7) is 2.13. The summed E-state index contributed by atoms with van der Waals surface area (Å²) in [7, 11) is 0. The highest BCUT2D eigenvalue weighted by Crippen LogP contribution is 2.49. The Morgan fingerprint density at radius 1 is 1.57 bits per heavy atom. The molecule has 3 heteroatoms. The lowest BCUT2D eigenvalue weighted by molar-refractivity contribution is -0.141. The van der Waals surface area contributed by atoms with E-state index >= 15 is 0 Å². The van der Waals surface area contributed by atoms with E-state index in [-0.39, 0.29) is 11.8 Å². The van der Waals surface area contributed by atoms with Gasteiger partial charge >= 0.3 is 5.97 Å². The molecule has 1 N–H and O–H groups in total. The molecule has 3 atom stereocenters. The third kappa shape index (κ3) is 1.31. The molecule has 2 aliphatic rings. The molecule has 0 aliphatic heterocycles. The van der Waals surface area contributed by atoms with Crippen LogP contribution in [0.3, 0.4) is 0 Å². The zero-order valence-electron chi connectivity index (χ0n) is 8.36. The third-order valence-corrected chi connectivity index (χ3v) is 4.32. The highest BCUT2D eigenvalue weighted by molar-refractivity contribution is 8.02. The number of aliphatic carboxylic acids is 1. The number of rotatable bonds is 2. The second kappa shape index (κ2) is 3.46. The molecule has 0 heterocycles. The van der Waals surface area contributed by atoms with Crippen LogP contribution in [0.25, 0.3) is 0 Å². The first kappa shape index (κ1) is 9.84. The lowest BCUT2D eigenvalue weighted by Crippen LogP contribution is -2.20. The molecule has 0 fully saturated rings. The predicted molar refractivity (Wildman–Crippen MR) is 58.1 cm³/mol. The predicted octanol–water partition coefficient (Wildman–Crippen LogP) is 2.53. The number of allylic oxidation sites excluding steroid dienone is 3. The summed E-state index contributed by atoms with van der Waals surface area (Å²) in [5.74, 6) is -0.267. The van der Waals surface area contributed by atoms with Crippen molar-refractivity contribution >= 4 is 17.7 Å². The molecule has 0 radical (unpaired) electrons. The molecule has 76 valence electrons. The van der Waals surface area contributed by atoms with E-state index in [9.17, 15) is 4.79 Å². The maximum absolute atomic E-state index is 11.0. The molecular formula is C11H14O2S. The van der Waals surface area contributed by atoms with Crippen LogP contribution in [0.4, 0.5) is 0 Å². The molecule has 0 unspecified atom stereocenters. The highest BCUT2D eigenvalue weighted by atomic mass is 32.2. The summed E-state index contributed by atoms with van der Waals surface area (Å²) in [6.07, 6.45) is 6.95. The summed E-state index contributed by atoms with van der Waals surface area (Å²) in [6, 6.07) is 0. The minimum atomic E-state index is -0.677. The molecule has 0 spiro atoms. The van der Waals surface area contributed by atoms with Gasteiger partial charge in [-0.3, -0.25) is 4.79 Å². The number of thioether (sulfide) groups is 1. The van der Waals surface area contributed by atoms with Gasteiger partial charge in [-0.25, -0.2) is 0 Å². The fourth-order valence-corrected chi connectivity index (χ4v) is 3.36. The standard InChI is InChI=1S/C11H14O2S/c1-6-7-3-4-8(11(12)13)9(7)5-10(6)14-2/h3-4,7-9H,5H2,1-2H3,(H,12,13)/t7-,8-,9+/m1/s1. The third-order valence-electron chi connectivity index (χ3n) is 3.34. The van der Waals surface area contributed by atoms with Crippen molar-refractivity contribution in [3.8, 4) is 0 Å². The van der Waals surface area contributed by atoms with Gasteiger partial charge in [0.1, 0.15) is 0 Å². The first-order valence-electron chi connectivity index (χ1n) is 4.80. The molecular weight excluding hydrogens is 196 g/mol. The second-order valence-corrected chi connectivity index (χ2v) is 4.85. The van der Waals surface area contributed by atoms with Crippen LogP contribution < -0.4 is 0 Å². The molecule has 2 nitrogen and oxygen atoms in total. The summed E-state index contributed by atoms with van der Waals surface area (Å²) in [4.78, 5) is 12.4. The Bertz CT molecular complexity index is 330. The van der Waals surface area contributed by atoms with Crippen LogP contribution in [0, 0.1) is 17.8 Å². The minimum Gasteiger partial charge on any atom is -0.481 e. The lowest BCUT2D eigenvalue weighted by Gasteiger charge is -2.15. The van der Waals surface area contributed by atoms with E-state index in [4.69, 9.17) is 5.11 Å². The van der Waals surface area contributed by atoms with Crippen molar-refractivity contribution in [1.82, 2.24) is 0 Å². The van der Waals surface area contributed by atoms with Gasteiger partial charge < -0.3 is 5.11 Å². The lowest BCUT2D eigenvalue weighted by atomic mass is 9.88. The zero-order valence-corrected chi connectivity index (χ0v) is 9.17. The van der Waals surface area contributed by atoms with Crippen LogP contribution in [-0.2, 0) is 4.79 Å². The van der Waals surface area contributed by atoms with Gasteiger partial charge in [0.25, 0.3) is 0 Å². The molecule has 0 saturated heterocycles. The van der Waals surface area contributed by atoms with E-state index in [1.54, 1.807) is 11.8 Å². The van der Waals surface area contributed by atoms with Gasteiger partial charge in [-0.15, -0.1) is 11.8 Å². The van der Waals surface area contributed by atoms with E-state index in [0.29, 0.717) is 5.92 Å². The minimum absolute atomic E-state index is 0.264. The summed E-state index contributed by atoms with van der Waals surface area (Å²) in [5.41, 5.74) is 1.38. The van der Waals surface area contributed by atoms with Gasteiger partial charge in [-0.1, -0.05) is 17.7 Å². The number of carbonyl (C=O) groups is 1. The number of hydrogen-bond acceptors (Lipinski definition) is 2. The van der Waals surface area contributed by atoms with Crippen LogP contribution >= 0.6 is 11.8 Å². The van der Waals surface area contributed by atoms with Gasteiger partial charge in [-0.2, -0.15) is 0 Å². The smallest absolute Gasteiger partial charge is 0.310 e. The van der Waals surface area contributed by atoms with Crippen LogP contribution in [0.1, 0.15) is 13.3 Å².